The SMILES string of the molecule is CC1CCC2(CC1)NC(=O)N(C[C@H](O)CO[C@@H](C)c1ccc(Cl)cc1)C2=O. The molecular formula is C20H27ClN2O4. The van der Waals surface area contributed by atoms with Crippen LogP contribution in [0.25, 0.3) is 0 Å². The number of rotatable bonds is 6. The molecule has 2 N–H and O–H groups in total. The fraction of sp³-hybridized carbons (Fsp3) is 0.600. The molecule has 1 saturated carbocycles. The number of carbonyl (C=O) groups excluding carboxylic acids is 2. The summed E-state index contributed by atoms with van der Waals surface area (Å²) in [4.78, 5) is 26.2. The van der Waals surface area contributed by atoms with Crippen LogP contribution in [0.5, 0.6) is 0 Å². The van der Waals surface area contributed by atoms with Gasteiger partial charge in [0.25, 0.3) is 5.91 Å². The molecule has 7 heteroatoms. The second-order valence-electron chi connectivity index (χ2n) is 7.79. The van der Waals surface area contributed by atoms with Gasteiger partial charge in [0.1, 0.15) is 5.54 Å². The molecule has 3 amide bonds. The number of hydrogen-bond donors (Lipinski definition) is 2. The van der Waals surface area contributed by atoms with Gasteiger partial charge in [0.2, 0.25) is 0 Å². The lowest BCUT2D eigenvalue weighted by Gasteiger charge is -2.33. The Hall–Kier alpha value is -1.63. The molecule has 1 aromatic carbocycles. The Balaban J connectivity index is 1.53. The number of imide groups is 1. The van der Waals surface area contributed by atoms with Crippen molar-refractivity contribution >= 4 is 23.5 Å². The molecule has 1 saturated heterocycles. The van der Waals surface area contributed by atoms with Gasteiger partial charge in [-0.3, -0.25) is 9.69 Å². The molecule has 27 heavy (non-hydrogen) atoms. The predicted molar refractivity (Wildman–Crippen MR) is 102 cm³/mol. The first-order chi connectivity index (χ1) is 12.8. The van der Waals surface area contributed by atoms with Crippen molar-refractivity contribution in [2.24, 2.45) is 5.92 Å². The number of amides is 3. The summed E-state index contributed by atoms with van der Waals surface area (Å²) in [5.41, 5.74) is 0.165. The zero-order chi connectivity index (χ0) is 19.6. The van der Waals surface area contributed by atoms with E-state index in [1.807, 2.05) is 19.1 Å². The number of aliphatic hydroxyl groups is 1. The summed E-state index contributed by atoms with van der Waals surface area (Å²) >= 11 is 5.88. The van der Waals surface area contributed by atoms with Crippen LogP contribution in [0.4, 0.5) is 4.79 Å². The average molecular weight is 395 g/mol. The normalized spacial score (nSPS) is 27.7. The van der Waals surface area contributed by atoms with Crippen LogP contribution in [0, 0.1) is 5.92 Å². The summed E-state index contributed by atoms with van der Waals surface area (Å²) in [5, 5.41) is 13.8. The van der Waals surface area contributed by atoms with Crippen molar-refractivity contribution < 1.29 is 19.4 Å². The topological polar surface area (TPSA) is 78.9 Å². The highest BCUT2D eigenvalue weighted by molar-refractivity contribution is 6.30. The molecule has 148 valence electrons. The molecule has 1 aliphatic heterocycles. The number of aliphatic hydroxyl groups excluding tert-OH is 1. The van der Waals surface area contributed by atoms with E-state index in [9.17, 15) is 14.7 Å². The first kappa shape index (κ1) is 20.1. The van der Waals surface area contributed by atoms with Gasteiger partial charge in [0, 0.05) is 5.02 Å². The average Bonchev–Trinajstić information content (AvgIpc) is 2.87. The molecule has 0 radical (unpaired) electrons. The van der Waals surface area contributed by atoms with Crippen molar-refractivity contribution in [3.8, 4) is 0 Å². The molecule has 2 fully saturated rings. The smallest absolute Gasteiger partial charge is 0.325 e. The lowest BCUT2D eigenvalue weighted by Crippen LogP contribution is -2.49. The third kappa shape index (κ3) is 4.45. The van der Waals surface area contributed by atoms with Crippen LogP contribution in [0.1, 0.15) is 51.2 Å². The third-order valence-electron chi connectivity index (χ3n) is 5.65. The van der Waals surface area contributed by atoms with E-state index in [0.717, 1.165) is 23.3 Å². The molecule has 6 nitrogen and oxygen atoms in total. The quantitative estimate of drug-likeness (QED) is 0.726. The standard InChI is InChI=1S/C20H27ClN2O4/c1-13-7-9-20(10-8-13)18(25)23(19(26)22-20)11-17(24)12-27-14(2)15-3-5-16(21)6-4-15/h3-6,13-14,17,24H,7-12H2,1-2H3,(H,22,26)/t13?,14-,17-,20?/m0/s1. The highest BCUT2D eigenvalue weighted by Crippen LogP contribution is 2.36. The van der Waals surface area contributed by atoms with E-state index in [1.54, 1.807) is 12.1 Å². The molecule has 2 atom stereocenters. The summed E-state index contributed by atoms with van der Waals surface area (Å²) in [7, 11) is 0. The van der Waals surface area contributed by atoms with Crippen molar-refractivity contribution in [2.45, 2.75) is 57.3 Å². The first-order valence-electron chi connectivity index (χ1n) is 9.50. The van der Waals surface area contributed by atoms with E-state index in [-0.39, 0.29) is 25.2 Å². The van der Waals surface area contributed by atoms with Gasteiger partial charge in [-0.15, -0.1) is 0 Å². The van der Waals surface area contributed by atoms with Gasteiger partial charge in [-0.25, -0.2) is 4.79 Å². The molecule has 2 aliphatic rings. The molecule has 0 bridgehead atoms. The molecular weight excluding hydrogens is 368 g/mol. The first-order valence-corrected chi connectivity index (χ1v) is 9.88. The van der Waals surface area contributed by atoms with E-state index < -0.39 is 17.7 Å². The van der Waals surface area contributed by atoms with Gasteiger partial charge in [-0.2, -0.15) is 0 Å². The molecule has 1 heterocycles. The van der Waals surface area contributed by atoms with Crippen LogP contribution in [0.3, 0.4) is 0 Å². The molecule has 1 aromatic rings. The minimum Gasteiger partial charge on any atom is -0.389 e. The highest BCUT2D eigenvalue weighted by Gasteiger charge is 2.52. The summed E-state index contributed by atoms with van der Waals surface area (Å²) in [6.45, 7) is 4.01. The summed E-state index contributed by atoms with van der Waals surface area (Å²) in [5.74, 6) is 0.354. The largest absolute Gasteiger partial charge is 0.389 e. The highest BCUT2D eigenvalue weighted by atomic mass is 35.5. The Bertz CT molecular complexity index is 686. The Morgan fingerprint density at radius 1 is 1.30 bits per heavy atom. The second-order valence-corrected chi connectivity index (χ2v) is 8.23. The van der Waals surface area contributed by atoms with Crippen LogP contribution in [0.2, 0.25) is 5.02 Å². The maximum absolute atomic E-state index is 12.8. The van der Waals surface area contributed by atoms with Crippen LogP contribution >= 0.6 is 11.6 Å². The fourth-order valence-electron chi connectivity index (χ4n) is 3.78. The van der Waals surface area contributed by atoms with Crippen LogP contribution in [-0.4, -0.2) is 46.7 Å². The van der Waals surface area contributed by atoms with Gasteiger partial charge in [0.15, 0.2) is 0 Å². The summed E-state index contributed by atoms with van der Waals surface area (Å²) in [6, 6.07) is 6.88. The number of ether oxygens (including phenoxy) is 1. The van der Waals surface area contributed by atoms with E-state index in [0.29, 0.717) is 23.8 Å². The monoisotopic (exact) mass is 394 g/mol. The second kappa shape index (κ2) is 8.17. The van der Waals surface area contributed by atoms with Crippen LogP contribution in [0.15, 0.2) is 24.3 Å². The number of nitrogens with zero attached hydrogens (tertiary/aromatic N) is 1. The predicted octanol–water partition coefficient (Wildman–Crippen LogP) is 3.28. The minimum absolute atomic E-state index is 0.0326. The van der Waals surface area contributed by atoms with Crippen molar-refractivity contribution in [1.29, 1.82) is 0 Å². The number of β-amino-alcohol motifs (C(OH)–C–C–N with tert-alkyl or cyclic N) is 1. The zero-order valence-electron chi connectivity index (χ0n) is 15.8. The van der Waals surface area contributed by atoms with Gasteiger partial charge < -0.3 is 15.2 Å². The maximum Gasteiger partial charge on any atom is 0.325 e. The van der Waals surface area contributed by atoms with Gasteiger partial charge in [-0.1, -0.05) is 30.7 Å². The number of carbonyl (C=O) groups is 2. The Morgan fingerprint density at radius 3 is 2.56 bits per heavy atom. The lowest BCUT2D eigenvalue weighted by atomic mass is 9.77. The number of nitrogens with one attached hydrogen (secondary N) is 1. The van der Waals surface area contributed by atoms with Crippen LogP contribution < -0.4 is 5.32 Å². The fourth-order valence-corrected chi connectivity index (χ4v) is 3.91. The third-order valence-corrected chi connectivity index (χ3v) is 5.90. The lowest BCUT2D eigenvalue weighted by molar-refractivity contribution is -0.134. The number of hydrogen-bond acceptors (Lipinski definition) is 4. The number of urea groups is 1. The van der Waals surface area contributed by atoms with Gasteiger partial charge in [-0.05, 0) is 56.2 Å². The van der Waals surface area contributed by atoms with Crippen molar-refractivity contribution in [1.82, 2.24) is 10.2 Å². The Kier molecular flexibility index (Phi) is 6.08. The van der Waals surface area contributed by atoms with Crippen molar-refractivity contribution in [3.63, 3.8) is 0 Å². The molecule has 1 aliphatic carbocycles. The van der Waals surface area contributed by atoms with Gasteiger partial charge >= 0.3 is 6.03 Å². The Morgan fingerprint density at radius 2 is 1.93 bits per heavy atom. The summed E-state index contributed by atoms with van der Waals surface area (Å²) in [6.07, 6.45) is 2.00. The minimum atomic E-state index is -0.938. The zero-order valence-corrected chi connectivity index (χ0v) is 16.5. The van der Waals surface area contributed by atoms with Crippen molar-refractivity contribution in [3.05, 3.63) is 34.9 Å². The molecule has 0 aromatic heterocycles. The Labute approximate surface area is 164 Å². The van der Waals surface area contributed by atoms with E-state index in [4.69, 9.17) is 16.3 Å². The summed E-state index contributed by atoms with van der Waals surface area (Å²) < 4.78 is 5.70. The van der Waals surface area contributed by atoms with Gasteiger partial charge in [0.05, 0.1) is 25.4 Å². The number of benzene rings is 1. The number of halogens is 1. The van der Waals surface area contributed by atoms with E-state index in [2.05, 4.69) is 12.2 Å². The van der Waals surface area contributed by atoms with E-state index >= 15 is 0 Å². The van der Waals surface area contributed by atoms with E-state index in [1.165, 1.54) is 0 Å². The molecule has 3 rings (SSSR count). The molecule has 0 unspecified atom stereocenters. The molecule has 1 spiro atoms. The van der Waals surface area contributed by atoms with Crippen LogP contribution in [-0.2, 0) is 9.53 Å². The maximum atomic E-state index is 12.8. The van der Waals surface area contributed by atoms with Crippen molar-refractivity contribution in [2.75, 3.05) is 13.2 Å².